The maximum Gasteiger partial charge on any atom is 0.317 e. The van der Waals surface area contributed by atoms with Gasteiger partial charge >= 0.3 is 12.0 Å². The molecule has 2 saturated heterocycles. The molecule has 0 radical (unpaired) electrons. The fourth-order valence-electron chi connectivity index (χ4n) is 2.06. The number of nitrogens with one attached hydrogen (secondary N) is 1. The smallest absolute Gasteiger partial charge is 0.317 e. The topological polar surface area (TPSA) is 82.1 Å². The quantitative estimate of drug-likeness (QED) is 0.678. The minimum atomic E-state index is -0.827. The van der Waals surface area contributed by atoms with Gasteiger partial charge in [0.2, 0.25) is 0 Å². The number of carboxylic acids is 1. The second kappa shape index (κ2) is 6.01. The fraction of sp³-hybridized carbons (Fsp3) is 0.818. The Hall–Kier alpha value is -1.34. The molecule has 2 fully saturated rings. The van der Waals surface area contributed by atoms with Gasteiger partial charge in [0.1, 0.15) is 0 Å². The Balaban J connectivity index is 1.57. The Bertz CT molecular complexity index is 311. The van der Waals surface area contributed by atoms with Crippen LogP contribution in [-0.4, -0.2) is 79.4 Å². The van der Waals surface area contributed by atoms with Gasteiger partial charge in [-0.15, -0.1) is 0 Å². The van der Waals surface area contributed by atoms with Crippen molar-refractivity contribution in [3.63, 3.8) is 0 Å². The van der Waals surface area contributed by atoms with Crippen molar-refractivity contribution in [3.8, 4) is 0 Å². The lowest BCUT2D eigenvalue weighted by Crippen LogP contribution is -2.56. The predicted octanol–water partition coefficient (Wildman–Crippen LogP) is -0.955. The summed E-state index contributed by atoms with van der Waals surface area (Å²) in [6.45, 7) is 5.35. The molecule has 18 heavy (non-hydrogen) atoms. The molecule has 2 aliphatic heterocycles. The van der Waals surface area contributed by atoms with Crippen LogP contribution in [0.5, 0.6) is 0 Å². The van der Waals surface area contributed by atoms with Crippen molar-refractivity contribution in [2.75, 3.05) is 52.5 Å². The summed E-state index contributed by atoms with van der Waals surface area (Å²) in [6, 6.07) is -0.166. The summed E-state index contributed by atoms with van der Waals surface area (Å²) < 4.78 is 5.23. The number of likely N-dealkylation sites (tertiary alicyclic amines) is 1. The monoisotopic (exact) mass is 257 g/mol. The highest BCUT2D eigenvalue weighted by Crippen LogP contribution is 2.14. The number of morpholine rings is 1. The molecular formula is C11H19N3O4. The number of amides is 2. The first-order valence-corrected chi connectivity index (χ1v) is 6.22. The molecule has 0 saturated carbocycles. The molecule has 7 nitrogen and oxygen atoms in total. The maximum absolute atomic E-state index is 11.6. The van der Waals surface area contributed by atoms with E-state index >= 15 is 0 Å². The van der Waals surface area contributed by atoms with Crippen molar-refractivity contribution < 1.29 is 19.4 Å². The predicted molar refractivity (Wildman–Crippen MR) is 63.4 cm³/mol. The molecule has 0 aromatic rings. The average molecular weight is 257 g/mol. The lowest BCUT2D eigenvalue weighted by molar-refractivity contribution is -0.146. The van der Waals surface area contributed by atoms with E-state index in [-0.39, 0.29) is 6.03 Å². The molecular weight excluding hydrogens is 238 g/mol. The summed E-state index contributed by atoms with van der Waals surface area (Å²) in [7, 11) is 0. The third kappa shape index (κ3) is 3.33. The third-order valence-electron chi connectivity index (χ3n) is 3.33. The maximum atomic E-state index is 11.6. The molecule has 0 aliphatic carbocycles. The van der Waals surface area contributed by atoms with Crippen LogP contribution in [0.25, 0.3) is 0 Å². The van der Waals surface area contributed by atoms with Crippen molar-refractivity contribution >= 4 is 12.0 Å². The van der Waals surface area contributed by atoms with Crippen LogP contribution in [0.15, 0.2) is 0 Å². The number of carboxylic acid groups (broad SMARTS) is 1. The van der Waals surface area contributed by atoms with E-state index in [0.717, 1.165) is 32.8 Å². The molecule has 0 unspecified atom stereocenters. The summed E-state index contributed by atoms with van der Waals surface area (Å²) in [6.07, 6.45) is 0. The Labute approximate surface area is 106 Å². The van der Waals surface area contributed by atoms with Gasteiger partial charge in [-0.05, 0) is 0 Å². The molecule has 2 aliphatic rings. The summed E-state index contributed by atoms with van der Waals surface area (Å²) in [5.41, 5.74) is 0. The highest BCUT2D eigenvalue weighted by molar-refractivity contribution is 5.79. The van der Waals surface area contributed by atoms with E-state index in [0.29, 0.717) is 19.6 Å². The fourth-order valence-corrected chi connectivity index (χ4v) is 2.06. The average Bonchev–Trinajstić information content (AvgIpc) is 2.28. The van der Waals surface area contributed by atoms with Crippen LogP contribution >= 0.6 is 0 Å². The van der Waals surface area contributed by atoms with Gasteiger partial charge in [-0.3, -0.25) is 9.69 Å². The summed E-state index contributed by atoms with van der Waals surface area (Å²) in [5, 5.41) is 11.5. The van der Waals surface area contributed by atoms with Gasteiger partial charge in [-0.2, -0.15) is 0 Å². The van der Waals surface area contributed by atoms with Gasteiger partial charge in [-0.1, -0.05) is 0 Å². The zero-order valence-electron chi connectivity index (χ0n) is 10.3. The van der Waals surface area contributed by atoms with Gasteiger partial charge in [0, 0.05) is 39.3 Å². The molecule has 0 bridgehead atoms. The van der Waals surface area contributed by atoms with E-state index in [9.17, 15) is 9.59 Å². The molecule has 102 valence electrons. The Kier molecular flexibility index (Phi) is 4.38. The summed E-state index contributed by atoms with van der Waals surface area (Å²) >= 11 is 0. The van der Waals surface area contributed by atoms with E-state index in [2.05, 4.69) is 10.2 Å². The highest BCUT2D eigenvalue weighted by atomic mass is 16.5. The number of nitrogens with zero attached hydrogens (tertiary/aromatic N) is 2. The number of carbonyl (C=O) groups is 2. The van der Waals surface area contributed by atoms with Crippen molar-refractivity contribution in [2.24, 2.45) is 5.92 Å². The van der Waals surface area contributed by atoms with Gasteiger partial charge in [0.05, 0.1) is 19.1 Å². The normalized spacial score (nSPS) is 21.4. The lowest BCUT2D eigenvalue weighted by Gasteiger charge is -2.36. The van der Waals surface area contributed by atoms with E-state index in [4.69, 9.17) is 9.84 Å². The van der Waals surface area contributed by atoms with E-state index < -0.39 is 11.9 Å². The molecule has 2 N–H and O–H groups in total. The van der Waals surface area contributed by atoms with E-state index in [1.165, 1.54) is 4.90 Å². The van der Waals surface area contributed by atoms with Crippen molar-refractivity contribution in [2.45, 2.75) is 0 Å². The number of carbonyl (C=O) groups excluding carboxylic acids is 1. The largest absolute Gasteiger partial charge is 0.481 e. The Morgan fingerprint density at radius 3 is 2.56 bits per heavy atom. The Morgan fingerprint density at radius 1 is 1.28 bits per heavy atom. The van der Waals surface area contributed by atoms with Crippen molar-refractivity contribution in [1.82, 2.24) is 15.1 Å². The number of aliphatic carboxylic acids is 1. The van der Waals surface area contributed by atoms with Gasteiger partial charge in [0.15, 0.2) is 0 Å². The zero-order chi connectivity index (χ0) is 13.0. The van der Waals surface area contributed by atoms with Gasteiger partial charge in [-0.25, -0.2) is 4.79 Å². The van der Waals surface area contributed by atoms with Crippen LogP contribution in [0, 0.1) is 5.92 Å². The molecule has 0 atom stereocenters. The number of rotatable bonds is 4. The highest BCUT2D eigenvalue weighted by Gasteiger charge is 2.35. The number of hydrogen-bond donors (Lipinski definition) is 2. The molecule has 0 aromatic heterocycles. The van der Waals surface area contributed by atoms with Crippen LogP contribution in [0.1, 0.15) is 0 Å². The SMILES string of the molecule is O=C(O)C1CN(C(=O)NCCN2CCOCC2)C1. The summed E-state index contributed by atoms with van der Waals surface area (Å²) in [5.74, 6) is -1.22. The van der Waals surface area contributed by atoms with Crippen molar-refractivity contribution in [3.05, 3.63) is 0 Å². The lowest BCUT2D eigenvalue weighted by atomic mass is 10.0. The second-order valence-electron chi connectivity index (χ2n) is 4.63. The van der Waals surface area contributed by atoms with Gasteiger partial charge < -0.3 is 20.1 Å². The first-order chi connectivity index (χ1) is 8.66. The van der Waals surface area contributed by atoms with Gasteiger partial charge in [0.25, 0.3) is 0 Å². The van der Waals surface area contributed by atoms with Crippen LogP contribution in [0.2, 0.25) is 0 Å². The Morgan fingerprint density at radius 2 is 1.94 bits per heavy atom. The number of ether oxygens (including phenoxy) is 1. The number of urea groups is 1. The summed E-state index contributed by atoms with van der Waals surface area (Å²) in [4.78, 5) is 26.0. The standard InChI is InChI=1S/C11H19N3O4/c15-10(16)9-7-14(8-9)11(17)12-1-2-13-3-5-18-6-4-13/h9H,1-8H2,(H,12,17)(H,15,16). The van der Waals surface area contributed by atoms with Crippen LogP contribution in [0.4, 0.5) is 4.79 Å². The minimum absolute atomic E-state index is 0.166. The first-order valence-electron chi connectivity index (χ1n) is 6.22. The van der Waals surface area contributed by atoms with Crippen LogP contribution in [0.3, 0.4) is 0 Å². The molecule has 2 amide bonds. The zero-order valence-corrected chi connectivity index (χ0v) is 10.3. The molecule has 0 spiro atoms. The van der Waals surface area contributed by atoms with Crippen molar-refractivity contribution in [1.29, 1.82) is 0 Å². The van der Waals surface area contributed by atoms with Crippen LogP contribution in [-0.2, 0) is 9.53 Å². The number of hydrogen-bond acceptors (Lipinski definition) is 4. The molecule has 2 rings (SSSR count). The molecule has 7 heteroatoms. The molecule has 2 heterocycles. The third-order valence-corrected chi connectivity index (χ3v) is 3.33. The van der Waals surface area contributed by atoms with E-state index in [1.807, 2.05) is 0 Å². The van der Waals surface area contributed by atoms with E-state index in [1.54, 1.807) is 0 Å². The second-order valence-corrected chi connectivity index (χ2v) is 4.63. The molecule has 0 aromatic carbocycles. The first kappa shape index (κ1) is 13.1. The van der Waals surface area contributed by atoms with Crippen LogP contribution < -0.4 is 5.32 Å². The minimum Gasteiger partial charge on any atom is -0.481 e.